The molecule has 0 radical (unpaired) electrons. The van der Waals surface area contributed by atoms with Gasteiger partial charge in [-0.3, -0.25) is 0 Å². The number of rotatable bonds is 6. The van der Waals surface area contributed by atoms with E-state index in [9.17, 15) is 12.8 Å². The van der Waals surface area contributed by atoms with E-state index in [4.69, 9.17) is 5.73 Å². The molecule has 0 aliphatic rings. The molecule has 0 aliphatic carbocycles. The third-order valence-electron chi connectivity index (χ3n) is 3.21. The second kappa shape index (κ2) is 7.70. The van der Waals surface area contributed by atoms with Gasteiger partial charge in [-0.1, -0.05) is 29.8 Å². The normalized spacial score (nSPS) is 12.1. The summed E-state index contributed by atoms with van der Waals surface area (Å²) in [5, 5.41) is 0. The minimum absolute atomic E-state index is 0. The van der Waals surface area contributed by atoms with E-state index in [1.165, 1.54) is 12.1 Å². The van der Waals surface area contributed by atoms with Crippen molar-refractivity contribution in [3.05, 3.63) is 28.5 Å². The Balaban J connectivity index is 0.00000361. The largest absolute Gasteiger partial charge is 0.324 e. The predicted octanol–water partition coefficient (Wildman–Crippen LogP) is 2.81. The van der Waals surface area contributed by atoms with Gasteiger partial charge in [0.15, 0.2) is 0 Å². The van der Waals surface area contributed by atoms with Gasteiger partial charge in [0.2, 0.25) is 10.0 Å². The number of hydrogen-bond acceptors (Lipinski definition) is 3. The van der Waals surface area contributed by atoms with E-state index in [-0.39, 0.29) is 23.8 Å². The Morgan fingerprint density at radius 1 is 1.35 bits per heavy atom. The van der Waals surface area contributed by atoms with Gasteiger partial charge in [0, 0.05) is 16.6 Å². The van der Waals surface area contributed by atoms with Gasteiger partial charge in [0.25, 0.3) is 0 Å². The Labute approximate surface area is 133 Å². The third kappa shape index (κ3) is 4.96. The zero-order valence-corrected chi connectivity index (χ0v) is 14.5. The molecule has 0 fully saturated rings. The van der Waals surface area contributed by atoms with Crippen molar-refractivity contribution >= 4 is 38.4 Å². The van der Waals surface area contributed by atoms with Gasteiger partial charge < -0.3 is 5.73 Å². The highest BCUT2D eigenvalue weighted by atomic mass is 79.9. The molecule has 4 nitrogen and oxygen atoms in total. The van der Waals surface area contributed by atoms with Gasteiger partial charge in [0.05, 0.1) is 0 Å². The average Bonchev–Trinajstić information content (AvgIpc) is 2.35. The molecular formula is C12H19BrClFN2O2S. The molecule has 1 rings (SSSR count). The van der Waals surface area contributed by atoms with Crippen molar-refractivity contribution in [3.8, 4) is 0 Å². The summed E-state index contributed by atoms with van der Waals surface area (Å²) in [6.07, 6.45) is 1.27. The molecule has 0 aromatic heterocycles. The van der Waals surface area contributed by atoms with Crippen LogP contribution in [0.5, 0.6) is 0 Å². The van der Waals surface area contributed by atoms with Gasteiger partial charge in [0.1, 0.15) is 10.7 Å². The van der Waals surface area contributed by atoms with Crippen LogP contribution in [0.2, 0.25) is 0 Å². The summed E-state index contributed by atoms with van der Waals surface area (Å²) in [5.41, 5.74) is 5.40. The van der Waals surface area contributed by atoms with Crippen LogP contribution < -0.4 is 10.5 Å². The van der Waals surface area contributed by atoms with Crippen molar-refractivity contribution < 1.29 is 12.8 Å². The second-order valence-electron chi connectivity index (χ2n) is 4.47. The lowest BCUT2D eigenvalue weighted by Crippen LogP contribution is -2.49. The number of nitrogens with two attached hydrogens (primary N) is 1. The van der Waals surface area contributed by atoms with Crippen LogP contribution in [0.1, 0.15) is 26.7 Å². The van der Waals surface area contributed by atoms with Crippen molar-refractivity contribution in [3.63, 3.8) is 0 Å². The molecule has 0 amide bonds. The topological polar surface area (TPSA) is 72.2 Å². The van der Waals surface area contributed by atoms with E-state index in [0.29, 0.717) is 17.3 Å². The van der Waals surface area contributed by atoms with Crippen molar-refractivity contribution in [1.82, 2.24) is 4.72 Å². The molecule has 0 atom stereocenters. The standard InChI is InChI=1S/C12H18BrFN2O2S.ClH/c1-3-12(15,4-2)8-16-19(17,18)11-6-5-9(13)7-10(11)14;/h5-7,16H,3-4,8,15H2,1-2H3;1H. The highest BCUT2D eigenvalue weighted by molar-refractivity contribution is 9.10. The predicted molar refractivity (Wildman–Crippen MR) is 84.0 cm³/mol. The molecule has 3 N–H and O–H groups in total. The zero-order valence-electron chi connectivity index (χ0n) is 11.3. The van der Waals surface area contributed by atoms with Crippen LogP contribution in [0.4, 0.5) is 4.39 Å². The van der Waals surface area contributed by atoms with Gasteiger partial charge >= 0.3 is 0 Å². The lowest BCUT2D eigenvalue weighted by atomic mass is 9.95. The van der Waals surface area contributed by atoms with Crippen LogP contribution in [0, 0.1) is 5.82 Å². The molecule has 116 valence electrons. The van der Waals surface area contributed by atoms with Crippen molar-refractivity contribution in [2.24, 2.45) is 5.73 Å². The highest BCUT2D eigenvalue weighted by Gasteiger charge is 2.25. The summed E-state index contributed by atoms with van der Waals surface area (Å²) in [5.74, 6) is -0.794. The molecule has 20 heavy (non-hydrogen) atoms. The summed E-state index contributed by atoms with van der Waals surface area (Å²) in [7, 11) is -3.89. The first kappa shape index (κ1) is 19.8. The fraction of sp³-hybridized carbons (Fsp3) is 0.500. The molecule has 0 heterocycles. The number of nitrogens with one attached hydrogen (secondary N) is 1. The minimum atomic E-state index is -3.89. The molecule has 0 saturated heterocycles. The SMILES string of the molecule is CCC(N)(CC)CNS(=O)(=O)c1ccc(Br)cc1F.Cl. The summed E-state index contributed by atoms with van der Waals surface area (Å²) in [4.78, 5) is -0.370. The van der Waals surface area contributed by atoms with Crippen LogP contribution >= 0.6 is 28.3 Å². The maximum absolute atomic E-state index is 13.6. The first-order chi connectivity index (χ1) is 8.74. The molecule has 0 spiro atoms. The Hall–Kier alpha value is -0.210. The van der Waals surface area contributed by atoms with Crippen LogP contribution in [-0.2, 0) is 10.0 Å². The van der Waals surface area contributed by atoms with Gasteiger partial charge in [-0.2, -0.15) is 0 Å². The van der Waals surface area contributed by atoms with Crippen LogP contribution in [0.15, 0.2) is 27.6 Å². The molecule has 8 heteroatoms. The van der Waals surface area contributed by atoms with E-state index >= 15 is 0 Å². The number of benzene rings is 1. The van der Waals surface area contributed by atoms with Crippen LogP contribution in [0.25, 0.3) is 0 Å². The molecule has 1 aromatic rings. The Kier molecular flexibility index (Phi) is 7.62. The molecule has 0 aliphatic heterocycles. The van der Waals surface area contributed by atoms with E-state index < -0.39 is 21.4 Å². The Morgan fingerprint density at radius 3 is 2.35 bits per heavy atom. The highest BCUT2D eigenvalue weighted by Crippen LogP contribution is 2.20. The fourth-order valence-electron chi connectivity index (χ4n) is 1.51. The monoisotopic (exact) mass is 388 g/mol. The quantitative estimate of drug-likeness (QED) is 0.786. The second-order valence-corrected chi connectivity index (χ2v) is 7.12. The fourth-order valence-corrected chi connectivity index (χ4v) is 3.04. The van der Waals surface area contributed by atoms with Gasteiger partial charge in [-0.05, 0) is 31.0 Å². The summed E-state index contributed by atoms with van der Waals surface area (Å²) in [6, 6.07) is 3.81. The first-order valence-electron chi connectivity index (χ1n) is 5.97. The zero-order chi connectivity index (χ0) is 14.7. The number of sulfonamides is 1. The van der Waals surface area contributed by atoms with E-state index in [1.54, 1.807) is 0 Å². The van der Waals surface area contributed by atoms with Crippen molar-refractivity contribution in [1.29, 1.82) is 0 Å². The van der Waals surface area contributed by atoms with Gasteiger partial charge in [-0.25, -0.2) is 17.5 Å². The smallest absolute Gasteiger partial charge is 0.243 e. The van der Waals surface area contributed by atoms with E-state index in [2.05, 4.69) is 20.7 Å². The number of hydrogen-bond donors (Lipinski definition) is 2. The maximum atomic E-state index is 13.6. The Bertz CT molecular complexity index is 550. The van der Waals surface area contributed by atoms with Gasteiger partial charge in [-0.15, -0.1) is 12.4 Å². The third-order valence-corrected chi connectivity index (χ3v) is 5.13. The Morgan fingerprint density at radius 2 is 1.90 bits per heavy atom. The minimum Gasteiger partial charge on any atom is -0.324 e. The molecular weight excluding hydrogens is 371 g/mol. The summed E-state index contributed by atoms with van der Waals surface area (Å²) >= 11 is 3.08. The van der Waals surface area contributed by atoms with Crippen LogP contribution in [-0.4, -0.2) is 20.5 Å². The molecule has 0 unspecified atom stereocenters. The molecule has 0 saturated carbocycles. The summed E-state index contributed by atoms with van der Waals surface area (Å²) in [6.45, 7) is 3.86. The molecule has 0 bridgehead atoms. The van der Waals surface area contributed by atoms with E-state index in [0.717, 1.165) is 6.07 Å². The van der Waals surface area contributed by atoms with E-state index in [1.807, 2.05) is 13.8 Å². The first-order valence-corrected chi connectivity index (χ1v) is 8.25. The number of halogens is 3. The van der Waals surface area contributed by atoms with Crippen molar-refractivity contribution in [2.45, 2.75) is 37.1 Å². The lowest BCUT2D eigenvalue weighted by molar-refractivity contribution is 0.391. The van der Waals surface area contributed by atoms with Crippen molar-refractivity contribution in [2.75, 3.05) is 6.54 Å². The summed E-state index contributed by atoms with van der Waals surface area (Å²) < 4.78 is 40.5. The molecule has 1 aromatic carbocycles. The average molecular weight is 390 g/mol. The maximum Gasteiger partial charge on any atom is 0.243 e. The van der Waals surface area contributed by atoms with Crippen LogP contribution in [0.3, 0.4) is 0 Å². The lowest BCUT2D eigenvalue weighted by Gasteiger charge is -2.26.